The Kier molecular flexibility index (Phi) is 4.46. The molecule has 1 N–H and O–H groups in total. The van der Waals surface area contributed by atoms with Crippen LogP contribution in [0.5, 0.6) is 0 Å². The molecule has 1 heterocycles. The van der Waals surface area contributed by atoms with Gasteiger partial charge >= 0.3 is 0 Å². The number of rotatable bonds is 5. The Morgan fingerprint density at radius 1 is 1.32 bits per heavy atom. The van der Waals surface area contributed by atoms with Gasteiger partial charge in [0.25, 0.3) is 0 Å². The fourth-order valence-electron chi connectivity index (χ4n) is 2.49. The molecule has 2 atom stereocenters. The Balaban J connectivity index is 1.54. The molecule has 0 saturated heterocycles. The summed E-state index contributed by atoms with van der Waals surface area (Å²) >= 11 is 11.9. The summed E-state index contributed by atoms with van der Waals surface area (Å²) in [7, 11) is 0. The Morgan fingerprint density at radius 3 is 2.82 bits per heavy atom. The Bertz CT molecular complexity index is 696. The van der Waals surface area contributed by atoms with E-state index in [1.165, 1.54) is 6.42 Å². The van der Waals surface area contributed by atoms with Gasteiger partial charge in [-0.1, -0.05) is 30.1 Å². The van der Waals surface area contributed by atoms with Crippen LogP contribution in [0, 0.1) is 5.92 Å². The minimum absolute atomic E-state index is 0.109. The summed E-state index contributed by atoms with van der Waals surface area (Å²) in [5, 5.41) is 3.78. The second kappa shape index (κ2) is 6.35. The molecule has 1 aromatic heterocycles. The Labute approximate surface area is 139 Å². The number of furan rings is 1. The average molecular weight is 338 g/mol. The fourth-order valence-corrected chi connectivity index (χ4v) is 2.83. The van der Waals surface area contributed by atoms with Crippen LogP contribution in [0.2, 0.25) is 10.0 Å². The van der Waals surface area contributed by atoms with Crippen molar-refractivity contribution in [3.05, 3.63) is 51.9 Å². The molecular weight excluding hydrogens is 321 g/mol. The van der Waals surface area contributed by atoms with E-state index in [0.29, 0.717) is 40.4 Å². The monoisotopic (exact) mass is 337 g/mol. The lowest BCUT2D eigenvalue weighted by Crippen LogP contribution is -2.12. The van der Waals surface area contributed by atoms with Crippen molar-refractivity contribution < 1.29 is 9.21 Å². The van der Waals surface area contributed by atoms with Gasteiger partial charge in [-0.15, -0.1) is 0 Å². The number of carbonyl (C=O) groups is 1. The van der Waals surface area contributed by atoms with E-state index in [0.717, 1.165) is 11.5 Å². The molecule has 1 aromatic carbocycles. The molecule has 3 rings (SSSR count). The first-order chi connectivity index (χ1) is 10.5. The van der Waals surface area contributed by atoms with Crippen LogP contribution >= 0.6 is 23.2 Å². The second-order valence-corrected chi connectivity index (χ2v) is 6.64. The van der Waals surface area contributed by atoms with Crippen molar-refractivity contribution in [2.75, 3.05) is 5.32 Å². The maximum Gasteiger partial charge on any atom is 0.224 e. The number of hydrogen-bond acceptors (Lipinski definition) is 2. The second-order valence-electron chi connectivity index (χ2n) is 5.80. The van der Waals surface area contributed by atoms with E-state index in [-0.39, 0.29) is 5.91 Å². The SMILES string of the molecule is C[C@@H]1C[C@@H]1c1ccc(CCC(=O)Nc2cc(Cl)ccc2Cl)o1. The van der Waals surface area contributed by atoms with Crippen molar-refractivity contribution in [3.63, 3.8) is 0 Å². The molecule has 5 heteroatoms. The Hall–Kier alpha value is -1.45. The summed E-state index contributed by atoms with van der Waals surface area (Å²) in [5.41, 5.74) is 0.533. The molecule has 1 aliphatic carbocycles. The zero-order valence-electron chi connectivity index (χ0n) is 12.2. The van der Waals surface area contributed by atoms with E-state index in [1.54, 1.807) is 18.2 Å². The summed E-state index contributed by atoms with van der Waals surface area (Å²) < 4.78 is 5.79. The van der Waals surface area contributed by atoms with Crippen molar-refractivity contribution in [1.29, 1.82) is 0 Å². The molecular formula is C17H17Cl2NO2. The van der Waals surface area contributed by atoms with Gasteiger partial charge in [0, 0.05) is 23.8 Å². The van der Waals surface area contributed by atoms with Crippen LogP contribution in [0.15, 0.2) is 34.7 Å². The normalized spacial score (nSPS) is 20.0. The number of hydrogen-bond donors (Lipinski definition) is 1. The number of nitrogens with one attached hydrogen (secondary N) is 1. The highest BCUT2D eigenvalue weighted by Gasteiger charge is 2.36. The lowest BCUT2D eigenvalue weighted by atomic mass is 10.2. The predicted octanol–water partition coefficient (Wildman–Crippen LogP) is 5.28. The lowest BCUT2D eigenvalue weighted by molar-refractivity contribution is -0.116. The number of anilines is 1. The molecule has 2 aromatic rings. The van der Waals surface area contributed by atoms with Gasteiger partial charge in [0.1, 0.15) is 11.5 Å². The van der Waals surface area contributed by atoms with Crippen molar-refractivity contribution in [1.82, 2.24) is 0 Å². The molecule has 1 aliphatic rings. The van der Waals surface area contributed by atoms with Gasteiger partial charge in [-0.25, -0.2) is 0 Å². The van der Waals surface area contributed by atoms with Crippen LogP contribution in [-0.4, -0.2) is 5.91 Å². The van der Waals surface area contributed by atoms with Gasteiger partial charge in [0.2, 0.25) is 5.91 Å². The molecule has 0 bridgehead atoms. The maximum absolute atomic E-state index is 12.0. The van der Waals surface area contributed by atoms with Crippen molar-refractivity contribution in [3.8, 4) is 0 Å². The molecule has 0 aliphatic heterocycles. The molecule has 0 spiro atoms. The first-order valence-corrected chi connectivity index (χ1v) is 8.12. The van der Waals surface area contributed by atoms with Crippen LogP contribution in [-0.2, 0) is 11.2 Å². The zero-order valence-corrected chi connectivity index (χ0v) is 13.7. The van der Waals surface area contributed by atoms with Crippen molar-refractivity contribution >= 4 is 34.8 Å². The van der Waals surface area contributed by atoms with Crippen molar-refractivity contribution in [2.24, 2.45) is 5.92 Å². The van der Waals surface area contributed by atoms with E-state index in [1.807, 2.05) is 12.1 Å². The van der Waals surface area contributed by atoms with Crippen LogP contribution in [0.1, 0.15) is 37.2 Å². The molecule has 1 saturated carbocycles. The van der Waals surface area contributed by atoms with Crippen LogP contribution in [0.25, 0.3) is 0 Å². The van der Waals surface area contributed by atoms with Gasteiger partial charge in [-0.05, 0) is 42.7 Å². The van der Waals surface area contributed by atoms with E-state index < -0.39 is 0 Å². The third kappa shape index (κ3) is 3.65. The molecule has 22 heavy (non-hydrogen) atoms. The van der Waals surface area contributed by atoms with Crippen molar-refractivity contribution in [2.45, 2.75) is 32.1 Å². The molecule has 116 valence electrons. The minimum atomic E-state index is -0.109. The third-order valence-electron chi connectivity index (χ3n) is 3.96. The fraction of sp³-hybridized carbons (Fsp3) is 0.353. The largest absolute Gasteiger partial charge is 0.466 e. The van der Waals surface area contributed by atoms with E-state index >= 15 is 0 Å². The van der Waals surface area contributed by atoms with Gasteiger partial charge in [-0.2, -0.15) is 0 Å². The minimum Gasteiger partial charge on any atom is -0.466 e. The van der Waals surface area contributed by atoms with Crippen LogP contribution in [0.3, 0.4) is 0 Å². The highest BCUT2D eigenvalue weighted by molar-refractivity contribution is 6.35. The summed E-state index contributed by atoms with van der Waals surface area (Å²) in [4.78, 5) is 12.0. The summed E-state index contributed by atoms with van der Waals surface area (Å²) in [6, 6.07) is 8.97. The highest BCUT2D eigenvalue weighted by Crippen LogP contribution is 2.47. The standard InChI is InChI=1S/C17H17Cl2NO2/c1-10-8-13(10)16-6-3-12(22-16)4-7-17(21)20-15-9-11(18)2-5-14(15)19/h2-3,5-6,9-10,13H,4,7-8H2,1H3,(H,20,21)/t10-,13+/m1/s1. The lowest BCUT2D eigenvalue weighted by Gasteiger charge is -2.07. The average Bonchev–Trinajstić information content (AvgIpc) is 3.02. The molecule has 0 unspecified atom stereocenters. The van der Waals surface area contributed by atoms with E-state index in [9.17, 15) is 4.79 Å². The smallest absolute Gasteiger partial charge is 0.224 e. The molecule has 0 radical (unpaired) electrons. The topological polar surface area (TPSA) is 42.2 Å². The summed E-state index contributed by atoms with van der Waals surface area (Å²) in [6.45, 7) is 2.22. The predicted molar refractivity (Wildman–Crippen MR) is 88.6 cm³/mol. The zero-order chi connectivity index (χ0) is 15.7. The number of benzene rings is 1. The molecule has 1 fully saturated rings. The quantitative estimate of drug-likeness (QED) is 0.806. The summed E-state index contributed by atoms with van der Waals surface area (Å²) in [6.07, 6.45) is 2.11. The molecule has 1 amide bonds. The van der Waals surface area contributed by atoms with E-state index in [4.69, 9.17) is 27.6 Å². The number of carbonyl (C=O) groups excluding carboxylic acids is 1. The first-order valence-electron chi connectivity index (χ1n) is 7.36. The summed E-state index contributed by atoms with van der Waals surface area (Å²) in [5.74, 6) is 3.06. The number of halogens is 2. The first kappa shape index (κ1) is 15.4. The Morgan fingerprint density at radius 2 is 2.09 bits per heavy atom. The van der Waals surface area contributed by atoms with Gasteiger partial charge in [0.05, 0.1) is 10.7 Å². The maximum atomic E-state index is 12.0. The third-order valence-corrected chi connectivity index (χ3v) is 4.52. The van der Waals surface area contributed by atoms with E-state index in [2.05, 4.69) is 12.2 Å². The van der Waals surface area contributed by atoms with Gasteiger partial charge in [0.15, 0.2) is 0 Å². The van der Waals surface area contributed by atoms with Gasteiger partial charge in [-0.3, -0.25) is 4.79 Å². The van der Waals surface area contributed by atoms with Crippen LogP contribution in [0.4, 0.5) is 5.69 Å². The highest BCUT2D eigenvalue weighted by atomic mass is 35.5. The number of amides is 1. The molecule has 3 nitrogen and oxygen atoms in total. The van der Waals surface area contributed by atoms with Gasteiger partial charge < -0.3 is 9.73 Å². The van der Waals surface area contributed by atoms with Crippen LogP contribution < -0.4 is 5.32 Å². The number of aryl methyl sites for hydroxylation is 1.